The number of unbranched alkanes of at least 4 members (excludes halogenated alkanes) is 1. The summed E-state index contributed by atoms with van der Waals surface area (Å²) in [5, 5.41) is 9.91. The lowest BCUT2D eigenvalue weighted by molar-refractivity contribution is -0.137. The second-order valence-corrected chi connectivity index (χ2v) is 10.0. The molecule has 0 radical (unpaired) electrons. The van der Waals surface area contributed by atoms with E-state index in [1.165, 1.54) is 5.41 Å². The van der Waals surface area contributed by atoms with Crippen molar-refractivity contribution in [2.24, 2.45) is 5.92 Å². The number of hydrogen-bond donors (Lipinski definition) is 2. The summed E-state index contributed by atoms with van der Waals surface area (Å²) in [6, 6.07) is 7.63. The summed E-state index contributed by atoms with van der Waals surface area (Å²) >= 11 is 2.20. The minimum absolute atomic E-state index is 0.0528. The number of nitrogens with one attached hydrogen (secondary N) is 1. The van der Waals surface area contributed by atoms with E-state index < -0.39 is 16.0 Å². The van der Waals surface area contributed by atoms with Crippen molar-refractivity contribution in [3.05, 3.63) is 51.0 Å². The van der Waals surface area contributed by atoms with E-state index in [4.69, 9.17) is 5.11 Å². The molecule has 0 bridgehead atoms. The number of carboxylic acids is 1. The first kappa shape index (κ1) is 23.1. The maximum Gasteiger partial charge on any atom is 0.303 e. The number of allylic oxidation sites excluding steroid dienone is 2. The number of benzene rings is 1. The van der Waals surface area contributed by atoms with Gasteiger partial charge in [0.2, 0.25) is 10.0 Å². The lowest BCUT2D eigenvalue weighted by atomic mass is 9.83. The van der Waals surface area contributed by atoms with Crippen LogP contribution < -0.4 is 4.72 Å². The topological polar surface area (TPSA) is 83.5 Å². The number of aliphatic carboxylic acids is 1. The molecule has 1 aliphatic rings. The van der Waals surface area contributed by atoms with Gasteiger partial charge in [0.25, 0.3) is 0 Å². The monoisotopic (exact) mass is 517 g/mol. The average molecular weight is 517 g/mol. The highest BCUT2D eigenvalue weighted by atomic mass is 127. The number of rotatable bonds is 10. The Labute approximate surface area is 181 Å². The van der Waals surface area contributed by atoms with Crippen molar-refractivity contribution in [2.45, 2.75) is 57.4 Å². The lowest BCUT2D eigenvalue weighted by Crippen LogP contribution is -2.41. The van der Waals surface area contributed by atoms with Crippen LogP contribution in [0.15, 0.2) is 41.8 Å². The molecule has 28 heavy (non-hydrogen) atoms. The zero-order valence-corrected chi connectivity index (χ0v) is 18.9. The summed E-state index contributed by atoms with van der Waals surface area (Å²) in [4.78, 5) is 10.5. The molecule has 0 aromatic heterocycles. The molecule has 1 fully saturated rings. The van der Waals surface area contributed by atoms with Crippen molar-refractivity contribution in [1.29, 1.82) is 0 Å². The van der Waals surface area contributed by atoms with Gasteiger partial charge in [0.15, 0.2) is 0 Å². The first-order chi connectivity index (χ1) is 13.4. The van der Waals surface area contributed by atoms with E-state index in [9.17, 15) is 13.2 Å². The molecular weight excluding hydrogens is 489 g/mol. The van der Waals surface area contributed by atoms with Gasteiger partial charge >= 0.3 is 5.97 Å². The third-order valence-corrected chi connectivity index (χ3v) is 6.68. The van der Waals surface area contributed by atoms with E-state index in [1.807, 2.05) is 30.3 Å². The van der Waals surface area contributed by atoms with Gasteiger partial charge in [-0.15, -0.1) is 0 Å². The summed E-state index contributed by atoms with van der Waals surface area (Å²) in [6.45, 7) is 0. The van der Waals surface area contributed by atoms with E-state index >= 15 is 0 Å². The number of carboxylic acid groups (broad SMARTS) is 1. The molecule has 2 unspecified atom stereocenters. The Bertz CT molecular complexity index is 804. The third-order valence-electron chi connectivity index (χ3n) is 4.88. The van der Waals surface area contributed by atoms with Crippen molar-refractivity contribution < 1.29 is 18.3 Å². The highest BCUT2D eigenvalue weighted by molar-refractivity contribution is 14.1. The first-order valence-electron chi connectivity index (χ1n) is 9.68. The molecule has 5 nitrogen and oxygen atoms in total. The Morgan fingerprint density at radius 3 is 2.79 bits per heavy atom. The number of halogens is 1. The van der Waals surface area contributed by atoms with Gasteiger partial charge < -0.3 is 5.11 Å². The Hall–Kier alpha value is -1.19. The molecule has 2 rings (SSSR count). The quantitative estimate of drug-likeness (QED) is 0.262. The number of sulfonamides is 1. The predicted octanol–water partition coefficient (Wildman–Crippen LogP) is 4.94. The molecule has 1 aromatic rings. The normalized spacial score (nSPS) is 20.8. The Kier molecular flexibility index (Phi) is 9.67. The van der Waals surface area contributed by atoms with Gasteiger partial charge in [-0.05, 0) is 84.4 Å². The van der Waals surface area contributed by atoms with E-state index in [2.05, 4.69) is 33.4 Å². The van der Waals surface area contributed by atoms with Gasteiger partial charge in [0.05, 0.1) is 0 Å². The van der Waals surface area contributed by atoms with Crippen LogP contribution in [0.1, 0.15) is 56.9 Å². The fourth-order valence-electron chi connectivity index (χ4n) is 3.43. The van der Waals surface area contributed by atoms with Crippen LogP contribution >= 0.6 is 22.6 Å². The second-order valence-electron chi connectivity index (χ2n) is 7.16. The van der Waals surface area contributed by atoms with Crippen LogP contribution in [0.3, 0.4) is 0 Å². The molecule has 0 spiro atoms. The summed E-state index contributed by atoms with van der Waals surface area (Å²) in [5.41, 5.74) is 0.863. The molecule has 1 saturated carbocycles. The van der Waals surface area contributed by atoms with Gasteiger partial charge in [-0.3, -0.25) is 4.79 Å². The zero-order valence-electron chi connectivity index (χ0n) is 15.9. The first-order valence-corrected chi connectivity index (χ1v) is 12.3. The fraction of sp³-hybridized carbons (Fsp3) is 0.476. The minimum atomic E-state index is -3.50. The molecule has 7 heteroatoms. The largest absolute Gasteiger partial charge is 0.481 e. The highest BCUT2D eigenvalue weighted by Gasteiger charge is 2.27. The fourth-order valence-corrected chi connectivity index (χ4v) is 5.15. The van der Waals surface area contributed by atoms with Crippen molar-refractivity contribution in [3.8, 4) is 0 Å². The number of hydrogen-bond acceptors (Lipinski definition) is 3. The molecule has 1 aromatic carbocycles. The van der Waals surface area contributed by atoms with Crippen molar-refractivity contribution in [2.75, 3.05) is 0 Å². The molecule has 154 valence electrons. The maximum absolute atomic E-state index is 12.5. The highest BCUT2D eigenvalue weighted by Crippen LogP contribution is 2.28. The minimum Gasteiger partial charge on any atom is -0.481 e. The van der Waals surface area contributed by atoms with Crippen LogP contribution in [-0.4, -0.2) is 25.5 Å². The number of carbonyl (C=O) groups is 1. The average Bonchev–Trinajstić information content (AvgIpc) is 2.64. The summed E-state index contributed by atoms with van der Waals surface area (Å²) in [6.07, 6.45) is 12.1. The second kappa shape index (κ2) is 11.7. The van der Waals surface area contributed by atoms with Gasteiger partial charge in [-0.25, -0.2) is 13.1 Å². The van der Waals surface area contributed by atoms with Crippen LogP contribution in [-0.2, 0) is 14.8 Å². The molecule has 0 aliphatic heterocycles. The molecule has 0 amide bonds. The van der Waals surface area contributed by atoms with Gasteiger partial charge in [-0.1, -0.05) is 37.1 Å². The molecule has 2 atom stereocenters. The molecule has 0 saturated heterocycles. The summed E-state index contributed by atoms with van der Waals surface area (Å²) in [5.74, 6) is -0.487. The zero-order chi connectivity index (χ0) is 20.4. The SMILES string of the molecule is O=C(O)CCCC=CCC1CCCCC1NS(=O)(=O)C=Cc1cccc(I)c1. The third kappa shape index (κ3) is 8.87. The molecule has 0 heterocycles. The predicted molar refractivity (Wildman–Crippen MR) is 121 cm³/mol. The van der Waals surface area contributed by atoms with E-state index in [0.29, 0.717) is 6.42 Å². The van der Waals surface area contributed by atoms with Gasteiger partial charge in [0, 0.05) is 21.4 Å². The lowest BCUT2D eigenvalue weighted by Gasteiger charge is -2.31. The van der Waals surface area contributed by atoms with Crippen molar-refractivity contribution >= 4 is 44.7 Å². The van der Waals surface area contributed by atoms with E-state index in [1.54, 1.807) is 6.08 Å². The van der Waals surface area contributed by atoms with Gasteiger partial charge in [-0.2, -0.15) is 0 Å². The van der Waals surface area contributed by atoms with E-state index in [0.717, 1.165) is 47.7 Å². The van der Waals surface area contributed by atoms with Crippen LogP contribution in [0.4, 0.5) is 0 Å². The smallest absolute Gasteiger partial charge is 0.303 e. The standard InChI is InChI=1S/C21H28INO4S/c22-19-11-7-8-17(16-19)14-15-28(26,27)23-20-12-6-5-10-18(20)9-3-1-2-4-13-21(24)25/h1,3,7-8,11,14-16,18,20,23H,2,4-6,9-10,12-13H2,(H,24,25). The van der Waals surface area contributed by atoms with Gasteiger partial charge in [0.1, 0.15) is 0 Å². The Morgan fingerprint density at radius 1 is 1.25 bits per heavy atom. The van der Waals surface area contributed by atoms with Crippen molar-refractivity contribution in [1.82, 2.24) is 4.72 Å². The van der Waals surface area contributed by atoms with Crippen LogP contribution in [0.5, 0.6) is 0 Å². The van der Waals surface area contributed by atoms with Crippen molar-refractivity contribution in [3.63, 3.8) is 0 Å². The van der Waals surface area contributed by atoms with E-state index in [-0.39, 0.29) is 18.4 Å². The van der Waals surface area contributed by atoms with Crippen LogP contribution in [0, 0.1) is 9.49 Å². The molecule has 1 aliphatic carbocycles. The summed E-state index contributed by atoms with van der Waals surface area (Å²) < 4.78 is 28.9. The Balaban J connectivity index is 1.89. The maximum atomic E-state index is 12.5. The molecular formula is C21H28INO4S. The van der Waals surface area contributed by atoms with Crippen LogP contribution in [0.25, 0.3) is 6.08 Å². The van der Waals surface area contributed by atoms with Crippen LogP contribution in [0.2, 0.25) is 0 Å². The Morgan fingerprint density at radius 2 is 2.04 bits per heavy atom. The molecule has 2 N–H and O–H groups in total. The summed E-state index contributed by atoms with van der Waals surface area (Å²) in [7, 11) is -3.50.